The predicted octanol–water partition coefficient (Wildman–Crippen LogP) is 1.93. The number of anilines is 2. The molecule has 2 aromatic rings. The fourth-order valence-corrected chi connectivity index (χ4v) is 1.88. The van der Waals surface area contributed by atoms with Crippen LogP contribution in [0.25, 0.3) is 0 Å². The number of hydrogen-bond donors (Lipinski definition) is 3. The van der Waals surface area contributed by atoms with Crippen LogP contribution in [-0.2, 0) is 6.42 Å². The topological polar surface area (TPSA) is 80.7 Å². The number of H-pyrrole nitrogens is 1. The van der Waals surface area contributed by atoms with Gasteiger partial charge in [-0.2, -0.15) is 5.10 Å². The Morgan fingerprint density at radius 3 is 2.73 bits per heavy atom. The van der Waals surface area contributed by atoms with E-state index in [1.165, 1.54) is 0 Å². The SMILES string of the molecule is Nc1n[nH]c(N)c1Cc1cccc(Br)c1. The molecule has 0 aliphatic heterocycles. The maximum atomic E-state index is 5.72. The highest BCUT2D eigenvalue weighted by Gasteiger charge is 2.08. The van der Waals surface area contributed by atoms with Gasteiger partial charge in [0.05, 0.1) is 0 Å². The molecule has 0 unspecified atom stereocenters. The first-order chi connectivity index (χ1) is 7.16. The molecule has 0 radical (unpaired) electrons. The molecule has 0 amide bonds. The molecule has 15 heavy (non-hydrogen) atoms. The first-order valence-electron chi connectivity index (χ1n) is 4.49. The van der Waals surface area contributed by atoms with E-state index < -0.39 is 0 Å². The predicted molar refractivity (Wildman–Crippen MR) is 64.4 cm³/mol. The van der Waals surface area contributed by atoms with Crippen LogP contribution in [0.1, 0.15) is 11.1 Å². The first-order valence-corrected chi connectivity index (χ1v) is 5.29. The monoisotopic (exact) mass is 266 g/mol. The molecule has 0 saturated carbocycles. The average molecular weight is 267 g/mol. The number of nitrogens with zero attached hydrogens (tertiary/aromatic N) is 1. The smallest absolute Gasteiger partial charge is 0.150 e. The van der Waals surface area contributed by atoms with Crippen LogP contribution in [0.4, 0.5) is 11.6 Å². The van der Waals surface area contributed by atoms with Crippen molar-refractivity contribution in [3.05, 3.63) is 39.9 Å². The second-order valence-electron chi connectivity index (χ2n) is 3.31. The Bertz CT molecular complexity index is 459. The highest BCUT2D eigenvalue weighted by Crippen LogP contribution is 2.21. The van der Waals surface area contributed by atoms with Crippen LogP contribution in [0, 0.1) is 0 Å². The van der Waals surface area contributed by atoms with Gasteiger partial charge in [0.25, 0.3) is 0 Å². The van der Waals surface area contributed by atoms with Gasteiger partial charge in [-0.25, -0.2) is 0 Å². The lowest BCUT2D eigenvalue weighted by atomic mass is 10.1. The van der Waals surface area contributed by atoms with Crippen molar-refractivity contribution in [2.75, 3.05) is 11.5 Å². The second kappa shape index (κ2) is 3.94. The van der Waals surface area contributed by atoms with Gasteiger partial charge in [0, 0.05) is 16.5 Å². The first kappa shape index (κ1) is 10.0. The van der Waals surface area contributed by atoms with E-state index in [1.807, 2.05) is 24.3 Å². The third-order valence-corrected chi connectivity index (χ3v) is 2.69. The largest absolute Gasteiger partial charge is 0.384 e. The molecule has 1 aromatic carbocycles. The summed E-state index contributed by atoms with van der Waals surface area (Å²) in [5, 5.41) is 6.51. The van der Waals surface area contributed by atoms with Crippen molar-refractivity contribution < 1.29 is 0 Å². The number of halogens is 1. The van der Waals surface area contributed by atoms with Crippen LogP contribution in [0.3, 0.4) is 0 Å². The van der Waals surface area contributed by atoms with E-state index in [0.29, 0.717) is 18.1 Å². The number of aromatic amines is 1. The Morgan fingerprint density at radius 1 is 1.33 bits per heavy atom. The van der Waals surface area contributed by atoms with Gasteiger partial charge in [-0.3, -0.25) is 5.10 Å². The Kier molecular flexibility index (Phi) is 2.64. The molecule has 0 spiro atoms. The zero-order valence-corrected chi connectivity index (χ0v) is 9.58. The minimum Gasteiger partial charge on any atom is -0.384 e. The van der Waals surface area contributed by atoms with Crippen LogP contribution in [0.2, 0.25) is 0 Å². The third-order valence-electron chi connectivity index (χ3n) is 2.20. The molecule has 0 atom stereocenters. The number of nitrogen functional groups attached to an aromatic ring is 2. The molecule has 0 aliphatic carbocycles. The number of rotatable bonds is 2. The second-order valence-corrected chi connectivity index (χ2v) is 4.22. The van der Waals surface area contributed by atoms with Crippen LogP contribution in [0.15, 0.2) is 28.7 Å². The zero-order chi connectivity index (χ0) is 10.8. The van der Waals surface area contributed by atoms with Gasteiger partial charge < -0.3 is 11.5 Å². The molecule has 0 fully saturated rings. The number of benzene rings is 1. The summed E-state index contributed by atoms with van der Waals surface area (Å²) in [6.07, 6.45) is 0.688. The lowest BCUT2D eigenvalue weighted by Crippen LogP contribution is -1.97. The molecular weight excluding hydrogens is 256 g/mol. The van der Waals surface area contributed by atoms with Crippen LogP contribution >= 0.6 is 15.9 Å². The van der Waals surface area contributed by atoms with Crippen molar-refractivity contribution in [3.63, 3.8) is 0 Å². The van der Waals surface area contributed by atoms with Crippen molar-refractivity contribution >= 4 is 27.6 Å². The molecule has 5 heteroatoms. The summed E-state index contributed by atoms with van der Waals surface area (Å²) in [6, 6.07) is 8.01. The van der Waals surface area contributed by atoms with Crippen LogP contribution in [0.5, 0.6) is 0 Å². The van der Waals surface area contributed by atoms with Crippen molar-refractivity contribution in [1.82, 2.24) is 10.2 Å². The fraction of sp³-hybridized carbons (Fsp3) is 0.100. The lowest BCUT2D eigenvalue weighted by Gasteiger charge is -2.01. The minimum atomic E-state index is 0.465. The van der Waals surface area contributed by atoms with Gasteiger partial charge in [0.1, 0.15) is 5.82 Å². The van der Waals surface area contributed by atoms with E-state index in [9.17, 15) is 0 Å². The van der Waals surface area contributed by atoms with Crippen molar-refractivity contribution in [2.24, 2.45) is 0 Å². The van der Waals surface area contributed by atoms with E-state index in [0.717, 1.165) is 15.6 Å². The third kappa shape index (κ3) is 2.12. The molecular formula is C10H11BrN4. The minimum absolute atomic E-state index is 0.465. The van der Waals surface area contributed by atoms with Crippen molar-refractivity contribution in [3.8, 4) is 0 Å². The molecule has 2 rings (SSSR count). The van der Waals surface area contributed by atoms with Gasteiger partial charge in [0.15, 0.2) is 5.82 Å². The molecule has 1 heterocycles. The fourth-order valence-electron chi connectivity index (χ4n) is 1.43. The number of aromatic nitrogens is 2. The number of nitrogens with two attached hydrogens (primary N) is 2. The van der Waals surface area contributed by atoms with Crippen molar-refractivity contribution in [2.45, 2.75) is 6.42 Å². The summed E-state index contributed by atoms with van der Waals surface area (Å²) in [5.41, 5.74) is 13.4. The summed E-state index contributed by atoms with van der Waals surface area (Å²) in [7, 11) is 0. The van der Waals surface area contributed by atoms with Gasteiger partial charge in [-0.1, -0.05) is 28.1 Å². The molecule has 78 valence electrons. The lowest BCUT2D eigenvalue weighted by molar-refractivity contribution is 1.11. The van der Waals surface area contributed by atoms with E-state index in [4.69, 9.17) is 11.5 Å². The molecule has 0 aliphatic rings. The van der Waals surface area contributed by atoms with E-state index in [-0.39, 0.29) is 0 Å². The Morgan fingerprint density at radius 2 is 2.13 bits per heavy atom. The Balaban J connectivity index is 2.29. The standard InChI is InChI=1S/C10H11BrN4/c11-7-3-1-2-6(4-7)5-8-9(12)14-15-10(8)13/h1-4H,5H2,(H5,12,13,14,15). The van der Waals surface area contributed by atoms with E-state index in [1.54, 1.807) is 0 Å². The zero-order valence-electron chi connectivity index (χ0n) is 8.00. The quantitative estimate of drug-likeness (QED) is 0.777. The summed E-state index contributed by atoms with van der Waals surface area (Å²) in [5.74, 6) is 1.000. The van der Waals surface area contributed by atoms with Gasteiger partial charge in [-0.05, 0) is 17.7 Å². The molecule has 0 saturated heterocycles. The summed E-state index contributed by atoms with van der Waals surface area (Å²) in [4.78, 5) is 0. The van der Waals surface area contributed by atoms with Crippen LogP contribution < -0.4 is 11.5 Å². The molecule has 0 bridgehead atoms. The van der Waals surface area contributed by atoms with Crippen molar-refractivity contribution in [1.29, 1.82) is 0 Å². The maximum absolute atomic E-state index is 5.72. The molecule has 5 N–H and O–H groups in total. The van der Waals surface area contributed by atoms with Gasteiger partial charge >= 0.3 is 0 Å². The Hall–Kier alpha value is -1.49. The number of nitrogens with one attached hydrogen (secondary N) is 1. The number of hydrogen-bond acceptors (Lipinski definition) is 3. The van der Waals surface area contributed by atoms with Crippen LogP contribution in [-0.4, -0.2) is 10.2 Å². The summed E-state index contributed by atoms with van der Waals surface area (Å²) < 4.78 is 1.04. The molecule has 4 nitrogen and oxygen atoms in total. The highest BCUT2D eigenvalue weighted by molar-refractivity contribution is 9.10. The summed E-state index contributed by atoms with van der Waals surface area (Å²) in [6.45, 7) is 0. The maximum Gasteiger partial charge on any atom is 0.150 e. The average Bonchev–Trinajstić information content (AvgIpc) is 2.50. The highest BCUT2D eigenvalue weighted by atomic mass is 79.9. The van der Waals surface area contributed by atoms with E-state index in [2.05, 4.69) is 26.1 Å². The summed E-state index contributed by atoms with van der Waals surface area (Å²) >= 11 is 3.42. The normalized spacial score (nSPS) is 10.5. The van der Waals surface area contributed by atoms with E-state index >= 15 is 0 Å². The molecule has 1 aromatic heterocycles. The van der Waals surface area contributed by atoms with Gasteiger partial charge in [0.2, 0.25) is 0 Å². The Labute approximate surface area is 95.8 Å². The van der Waals surface area contributed by atoms with Gasteiger partial charge in [-0.15, -0.1) is 0 Å².